The molecule has 0 aromatic carbocycles. The molecular formula is C9H10ClN3O4. The van der Waals surface area contributed by atoms with Crippen LogP contribution in [-0.4, -0.2) is 46.9 Å². The van der Waals surface area contributed by atoms with E-state index in [4.69, 9.17) is 16.7 Å². The van der Waals surface area contributed by atoms with Gasteiger partial charge in [-0.05, 0) is 12.1 Å². The number of rotatable bonds is 5. The zero-order chi connectivity index (χ0) is 12.8. The molecule has 17 heavy (non-hydrogen) atoms. The Morgan fingerprint density at radius 2 is 2.24 bits per heavy atom. The summed E-state index contributed by atoms with van der Waals surface area (Å²) in [6.07, 6.45) is 0. The summed E-state index contributed by atoms with van der Waals surface area (Å²) < 4.78 is 4.67. The Bertz CT molecular complexity index is 409. The van der Waals surface area contributed by atoms with Gasteiger partial charge in [0.1, 0.15) is 0 Å². The van der Waals surface area contributed by atoms with Gasteiger partial charge in [-0.3, -0.25) is 4.79 Å². The highest BCUT2D eigenvalue weighted by molar-refractivity contribution is 6.29. The number of nitrogens with one attached hydrogen (secondary N) is 1. The quantitative estimate of drug-likeness (QED) is 0.769. The van der Waals surface area contributed by atoms with E-state index in [2.05, 4.69) is 20.3 Å². The summed E-state index contributed by atoms with van der Waals surface area (Å²) in [5.74, 6) is -1.85. The van der Waals surface area contributed by atoms with Gasteiger partial charge in [-0.1, -0.05) is 11.6 Å². The first-order valence-electron chi connectivity index (χ1n) is 4.56. The molecule has 1 amide bonds. The summed E-state index contributed by atoms with van der Waals surface area (Å²) in [4.78, 5) is 22.3. The molecule has 1 unspecified atom stereocenters. The van der Waals surface area contributed by atoms with Gasteiger partial charge in [-0.25, -0.2) is 4.79 Å². The lowest BCUT2D eigenvalue weighted by Gasteiger charge is -2.12. The maximum absolute atomic E-state index is 11.6. The number of carbonyl (C=O) groups is 2. The molecule has 0 aliphatic rings. The van der Waals surface area contributed by atoms with Gasteiger partial charge in [0.25, 0.3) is 5.91 Å². The lowest BCUT2D eigenvalue weighted by atomic mass is 10.3. The average molecular weight is 260 g/mol. The Balaban J connectivity index is 2.70. The molecule has 1 rings (SSSR count). The number of hydrogen-bond acceptors (Lipinski definition) is 5. The molecule has 0 fully saturated rings. The van der Waals surface area contributed by atoms with Gasteiger partial charge in [0.05, 0.1) is 6.61 Å². The first-order chi connectivity index (χ1) is 8.04. The number of aliphatic carboxylic acids is 1. The summed E-state index contributed by atoms with van der Waals surface area (Å²) in [5, 5.41) is 18.2. The molecule has 1 aromatic heterocycles. The topological polar surface area (TPSA) is 101 Å². The van der Waals surface area contributed by atoms with Crippen LogP contribution in [0.1, 0.15) is 10.5 Å². The lowest BCUT2D eigenvalue weighted by Crippen LogP contribution is -2.44. The van der Waals surface area contributed by atoms with E-state index in [0.29, 0.717) is 0 Å². The SMILES string of the molecule is COCC(NC(=O)c1ccc(Cl)nn1)C(=O)O. The minimum Gasteiger partial charge on any atom is -0.480 e. The first kappa shape index (κ1) is 13.3. The van der Waals surface area contributed by atoms with Gasteiger partial charge >= 0.3 is 5.97 Å². The molecule has 92 valence electrons. The number of ether oxygens (including phenoxy) is 1. The average Bonchev–Trinajstić information content (AvgIpc) is 2.29. The van der Waals surface area contributed by atoms with Crippen molar-refractivity contribution in [2.75, 3.05) is 13.7 Å². The van der Waals surface area contributed by atoms with E-state index in [0.717, 1.165) is 0 Å². The van der Waals surface area contributed by atoms with E-state index in [1.165, 1.54) is 19.2 Å². The maximum atomic E-state index is 11.6. The van der Waals surface area contributed by atoms with Gasteiger partial charge in [-0.2, -0.15) is 0 Å². The van der Waals surface area contributed by atoms with Crippen molar-refractivity contribution in [3.8, 4) is 0 Å². The molecule has 0 bridgehead atoms. The zero-order valence-corrected chi connectivity index (χ0v) is 9.64. The Morgan fingerprint density at radius 1 is 1.53 bits per heavy atom. The van der Waals surface area contributed by atoms with Crippen molar-refractivity contribution in [3.63, 3.8) is 0 Å². The second kappa shape index (κ2) is 6.12. The fourth-order valence-corrected chi connectivity index (χ4v) is 1.11. The number of hydrogen-bond donors (Lipinski definition) is 2. The number of carbonyl (C=O) groups excluding carboxylic acids is 1. The van der Waals surface area contributed by atoms with E-state index >= 15 is 0 Å². The number of methoxy groups -OCH3 is 1. The normalized spacial score (nSPS) is 11.9. The van der Waals surface area contributed by atoms with Crippen molar-refractivity contribution in [1.29, 1.82) is 0 Å². The Morgan fingerprint density at radius 3 is 2.71 bits per heavy atom. The van der Waals surface area contributed by atoms with Crippen molar-refractivity contribution in [1.82, 2.24) is 15.5 Å². The summed E-state index contributed by atoms with van der Waals surface area (Å²) >= 11 is 5.50. The second-order valence-corrected chi connectivity index (χ2v) is 3.45. The molecule has 1 aromatic rings. The molecule has 0 radical (unpaired) electrons. The number of aromatic nitrogens is 2. The van der Waals surface area contributed by atoms with Crippen molar-refractivity contribution in [2.45, 2.75) is 6.04 Å². The van der Waals surface area contributed by atoms with Crippen LogP contribution in [0.3, 0.4) is 0 Å². The maximum Gasteiger partial charge on any atom is 0.328 e. The smallest absolute Gasteiger partial charge is 0.328 e. The predicted octanol–water partition coefficient (Wildman–Crippen LogP) is -0.0406. The molecule has 1 atom stereocenters. The third kappa shape index (κ3) is 3.97. The first-order valence-corrected chi connectivity index (χ1v) is 4.94. The molecule has 0 saturated heterocycles. The van der Waals surface area contributed by atoms with Gasteiger partial charge < -0.3 is 15.2 Å². The van der Waals surface area contributed by atoms with Crippen LogP contribution in [-0.2, 0) is 9.53 Å². The van der Waals surface area contributed by atoms with Crippen LogP contribution in [0.25, 0.3) is 0 Å². The summed E-state index contributed by atoms with van der Waals surface area (Å²) in [5.41, 5.74) is -0.0169. The van der Waals surface area contributed by atoms with Gasteiger partial charge in [-0.15, -0.1) is 10.2 Å². The molecule has 2 N–H and O–H groups in total. The monoisotopic (exact) mass is 259 g/mol. The molecule has 0 spiro atoms. The van der Waals surface area contributed by atoms with E-state index in [9.17, 15) is 9.59 Å². The van der Waals surface area contributed by atoms with E-state index < -0.39 is 17.9 Å². The van der Waals surface area contributed by atoms with Crippen molar-refractivity contribution in [2.24, 2.45) is 0 Å². The van der Waals surface area contributed by atoms with Crippen molar-refractivity contribution < 1.29 is 19.4 Å². The lowest BCUT2D eigenvalue weighted by molar-refractivity contribution is -0.140. The Kier molecular flexibility index (Phi) is 4.80. The third-order valence-corrected chi connectivity index (χ3v) is 2.00. The standard InChI is InChI=1S/C9H10ClN3O4/c1-17-4-6(9(15)16)11-8(14)5-2-3-7(10)13-12-5/h2-3,6H,4H2,1H3,(H,11,14)(H,15,16). The molecule has 0 aliphatic carbocycles. The second-order valence-electron chi connectivity index (χ2n) is 3.06. The predicted molar refractivity (Wildman–Crippen MR) is 57.8 cm³/mol. The molecule has 7 nitrogen and oxygen atoms in total. The highest BCUT2D eigenvalue weighted by Crippen LogP contribution is 2.02. The van der Waals surface area contributed by atoms with Crippen LogP contribution in [0.5, 0.6) is 0 Å². The summed E-state index contributed by atoms with van der Waals surface area (Å²) in [7, 11) is 1.34. The van der Waals surface area contributed by atoms with Crippen molar-refractivity contribution >= 4 is 23.5 Å². The van der Waals surface area contributed by atoms with Crippen LogP contribution in [0.4, 0.5) is 0 Å². The molecule has 0 aliphatic heterocycles. The van der Waals surface area contributed by atoms with E-state index in [-0.39, 0.29) is 17.5 Å². The highest BCUT2D eigenvalue weighted by atomic mass is 35.5. The minimum atomic E-state index is -1.19. The van der Waals surface area contributed by atoms with Gasteiger partial charge in [0, 0.05) is 7.11 Å². The summed E-state index contributed by atoms with van der Waals surface area (Å²) in [6, 6.07) is 1.59. The van der Waals surface area contributed by atoms with Crippen molar-refractivity contribution in [3.05, 3.63) is 23.0 Å². The minimum absolute atomic E-state index is 0.0169. The molecule has 0 saturated carbocycles. The third-order valence-electron chi connectivity index (χ3n) is 1.80. The largest absolute Gasteiger partial charge is 0.480 e. The van der Waals surface area contributed by atoms with Crippen LogP contribution in [0.15, 0.2) is 12.1 Å². The molecular weight excluding hydrogens is 250 g/mol. The fourth-order valence-electron chi connectivity index (χ4n) is 1.01. The zero-order valence-electron chi connectivity index (χ0n) is 8.88. The Labute approximate surface area is 102 Å². The fraction of sp³-hybridized carbons (Fsp3) is 0.333. The number of carboxylic acids is 1. The molecule has 1 heterocycles. The van der Waals surface area contributed by atoms with Gasteiger partial charge in [0.15, 0.2) is 16.9 Å². The number of halogens is 1. The summed E-state index contributed by atoms with van der Waals surface area (Å²) in [6.45, 7) is -0.137. The molecule has 8 heteroatoms. The van der Waals surface area contributed by atoms with Crippen LogP contribution < -0.4 is 5.32 Å². The van der Waals surface area contributed by atoms with Gasteiger partial charge in [0.2, 0.25) is 0 Å². The van der Waals surface area contributed by atoms with Crippen LogP contribution >= 0.6 is 11.6 Å². The number of nitrogens with zero attached hydrogens (tertiary/aromatic N) is 2. The van der Waals surface area contributed by atoms with E-state index in [1.807, 2.05) is 0 Å². The number of amides is 1. The Hall–Kier alpha value is -1.73. The van der Waals surface area contributed by atoms with E-state index in [1.54, 1.807) is 0 Å². The van der Waals surface area contributed by atoms with Crippen LogP contribution in [0.2, 0.25) is 5.15 Å². The number of carboxylic acid groups (broad SMARTS) is 1. The van der Waals surface area contributed by atoms with Crippen LogP contribution in [0, 0.1) is 0 Å². The highest BCUT2D eigenvalue weighted by Gasteiger charge is 2.21.